The van der Waals surface area contributed by atoms with E-state index in [1.165, 1.54) is 11.1 Å². The van der Waals surface area contributed by atoms with Gasteiger partial charge in [-0.2, -0.15) is 0 Å². The molecule has 0 unspecified atom stereocenters. The molecule has 4 rings (SSSR count). The zero-order valence-corrected chi connectivity index (χ0v) is 17.5. The van der Waals surface area contributed by atoms with Crippen molar-refractivity contribution in [2.24, 2.45) is 0 Å². The number of ether oxygens (including phenoxy) is 1. The van der Waals surface area contributed by atoms with Gasteiger partial charge in [-0.1, -0.05) is 38.1 Å². The molecule has 1 fully saturated rings. The largest absolute Gasteiger partial charge is 0.485 e. The first-order valence-electron chi connectivity index (χ1n) is 10.5. The number of likely N-dealkylation sites (tertiary alicyclic amines) is 1. The summed E-state index contributed by atoms with van der Waals surface area (Å²) in [4.78, 5) is 19.5. The van der Waals surface area contributed by atoms with Gasteiger partial charge in [0.1, 0.15) is 24.7 Å². The van der Waals surface area contributed by atoms with E-state index < -0.39 is 0 Å². The Balaban J connectivity index is 1.62. The third-order valence-corrected chi connectivity index (χ3v) is 5.63. The minimum Gasteiger partial charge on any atom is -0.485 e. The number of aryl methyl sites for hydroxylation is 1. The predicted octanol–water partition coefficient (Wildman–Crippen LogP) is 4.67. The number of aromatic nitrogens is 2. The number of hydrogen-bond donors (Lipinski definition) is 0. The Bertz CT molecular complexity index is 1020. The molecule has 2 aromatic carbocycles. The van der Waals surface area contributed by atoms with Crippen LogP contribution in [0.15, 0.2) is 42.5 Å². The van der Waals surface area contributed by atoms with E-state index in [4.69, 9.17) is 9.72 Å². The van der Waals surface area contributed by atoms with Gasteiger partial charge in [0, 0.05) is 13.1 Å². The van der Waals surface area contributed by atoms with Gasteiger partial charge >= 0.3 is 0 Å². The summed E-state index contributed by atoms with van der Waals surface area (Å²) in [6.45, 7) is 8.77. The van der Waals surface area contributed by atoms with E-state index in [0.29, 0.717) is 19.1 Å². The van der Waals surface area contributed by atoms with Gasteiger partial charge in [0.2, 0.25) is 5.91 Å². The molecule has 5 nitrogen and oxygen atoms in total. The van der Waals surface area contributed by atoms with Crippen LogP contribution in [0, 0.1) is 6.92 Å². The quantitative estimate of drug-likeness (QED) is 0.613. The lowest BCUT2D eigenvalue weighted by molar-refractivity contribution is -0.130. The van der Waals surface area contributed by atoms with Crippen LogP contribution in [0.5, 0.6) is 5.75 Å². The number of hydrogen-bond acceptors (Lipinski definition) is 3. The highest BCUT2D eigenvalue weighted by Gasteiger charge is 2.21. The van der Waals surface area contributed by atoms with Crippen LogP contribution in [-0.2, 0) is 17.9 Å². The first-order valence-corrected chi connectivity index (χ1v) is 10.5. The van der Waals surface area contributed by atoms with E-state index in [1.807, 2.05) is 33.7 Å². The summed E-state index contributed by atoms with van der Waals surface area (Å²) in [5.74, 6) is 2.21. The van der Waals surface area contributed by atoms with Crippen LogP contribution in [0.25, 0.3) is 11.0 Å². The summed E-state index contributed by atoms with van der Waals surface area (Å²) in [5.41, 5.74) is 4.23. The minimum atomic E-state index is 0.158. The summed E-state index contributed by atoms with van der Waals surface area (Å²) >= 11 is 0. The maximum Gasteiger partial charge on any atom is 0.242 e. The lowest BCUT2D eigenvalue weighted by Crippen LogP contribution is -2.31. The number of rotatable bonds is 6. The molecule has 0 bridgehead atoms. The van der Waals surface area contributed by atoms with Gasteiger partial charge < -0.3 is 14.2 Å². The molecule has 3 aromatic rings. The maximum atomic E-state index is 12.8. The van der Waals surface area contributed by atoms with Crippen LogP contribution in [0.2, 0.25) is 0 Å². The molecule has 0 spiro atoms. The molecular weight excluding hydrogens is 362 g/mol. The predicted molar refractivity (Wildman–Crippen MR) is 115 cm³/mol. The average Bonchev–Trinajstić information content (AvgIpc) is 3.35. The SMILES string of the molecule is Cc1ccc(C(C)C)c(OCc2nc3ccccc3n2CC(=O)N2CCCC2)c1. The lowest BCUT2D eigenvalue weighted by Gasteiger charge is -2.18. The Hall–Kier alpha value is -2.82. The molecule has 1 aliphatic heterocycles. The van der Waals surface area contributed by atoms with Gasteiger partial charge in [-0.25, -0.2) is 4.98 Å². The Labute approximate surface area is 172 Å². The summed E-state index contributed by atoms with van der Waals surface area (Å²) in [5, 5.41) is 0. The van der Waals surface area contributed by atoms with E-state index in [0.717, 1.165) is 48.5 Å². The van der Waals surface area contributed by atoms with E-state index >= 15 is 0 Å². The van der Waals surface area contributed by atoms with Crippen molar-refractivity contribution in [3.8, 4) is 5.75 Å². The summed E-state index contributed by atoms with van der Waals surface area (Å²) < 4.78 is 8.25. The molecule has 0 radical (unpaired) electrons. The number of benzene rings is 2. The van der Waals surface area contributed by atoms with E-state index in [9.17, 15) is 4.79 Å². The first-order chi connectivity index (χ1) is 14.0. The second-order valence-electron chi connectivity index (χ2n) is 8.18. The fourth-order valence-corrected chi connectivity index (χ4v) is 4.00. The molecule has 0 N–H and O–H groups in total. The monoisotopic (exact) mass is 391 g/mol. The smallest absolute Gasteiger partial charge is 0.242 e. The Morgan fingerprint density at radius 3 is 2.66 bits per heavy atom. The number of nitrogens with zero attached hydrogens (tertiary/aromatic N) is 3. The molecule has 152 valence electrons. The summed E-state index contributed by atoms with van der Waals surface area (Å²) in [6.07, 6.45) is 2.19. The lowest BCUT2D eigenvalue weighted by atomic mass is 10.0. The highest BCUT2D eigenvalue weighted by molar-refractivity contribution is 5.81. The van der Waals surface area contributed by atoms with Crippen molar-refractivity contribution in [1.82, 2.24) is 14.5 Å². The van der Waals surface area contributed by atoms with Crippen LogP contribution < -0.4 is 4.74 Å². The van der Waals surface area contributed by atoms with E-state index in [-0.39, 0.29) is 5.91 Å². The third kappa shape index (κ3) is 4.14. The topological polar surface area (TPSA) is 47.4 Å². The molecule has 1 aromatic heterocycles. The number of amides is 1. The molecule has 0 atom stereocenters. The normalized spacial score (nSPS) is 14.1. The van der Waals surface area contributed by atoms with Crippen molar-refractivity contribution in [2.75, 3.05) is 13.1 Å². The van der Waals surface area contributed by atoms with E-state index in [1.54, 1.807) is 0 Å². The van der Waals surface area contributed by atoms with Crippen LogP contribution in [0.4, 0.5) is 0 Å². The maximum absolute atomic E-state index is 12.8. The van der Waals surface area contributed by atoms with Crippen molar-refractivity contribution in [2.45, 2.75) is 52.7 Å². The third-order valence-electron chi connectivity index (χ3n) is 5.63. The first kappa shape index (κ1) is 19.5. The molecule has 1 saturated heterocycles. The van der Waals surface area contributed by atoms with Crippen LogP contribution >= 0.6 is 0 Å². The van der Waals surface area contributed by atoms with Gasteiger partial charge in [0.05, 0.1) is 11.0 Å². The molecule has 0 aliphatic carbocycles. The Morgan fingerprint density at radius 1 is 1.14 bits per heavy atom. The van der Waals surface area contributed by atoms with Crippen LogP contribution in [-0.4, -0.2) is 33.4 Å². The number of carbonyl (C=O) groups excluding carboxylic acids is 1. The van der Waals surface area contributed by atoms with Crippen molar-refractivity contribution in [1.29, 1.82) is 0 Å². The highest BCUT2D eigenvalue weighted by atomic mass is 16.5. The number of para-hydroxylation sites is 2. The van der Waals surface area contributed by atoms with Crippen molar-refractivity contribution < 1.29 is 9.53 Å². The molecule has 2 heterocycles. The van der Waals surface area contributed by atoms with Crippen molar-refractivity contribution in [3.05, 3.63) is 59.4 Å². The second-order valence-corrected chi connectivity index (χ2v) is 8.18. The summed E-state index contributed by atoms with van der Waals surface area (Å²) in [6, 6.07) is 14.3. The zero-order valence-electron chi connectivity index (χ0n) is 17.5. The van der Waals surface area contributed by atoms with Crippen LogP contribution in [0.1, 0.15) is 49.6 Å². The van der Waals surface area contributed by atoms with Crippen molar-refractivity contribution in [3.63, 3.8) is 0 Å². The molecule has 1 amide bonds. The average molecular weight is 392 g/mol. The Morgan fingerprint density at radius 2 is 1.90 bits per heavy atom. The Kier molecular flexibility index (Phi) is 5.56. The molecule has 0 saturated carbocycles. The van der Waals surface area contributed by atoms with Gasteiger partial charge in [-0.3, -0.25) is 4.79 Å². The minimum absolute atomic E-state index is 0.158. The van der Waals surface area contributed by atoms with Gasteiger partial charge in [0.15, 0.2) is 0 Å². The van der Waals surface area contributed by atoms with Crippen molar-refractivity contribution >= 4 is 16.9 Å². The highest BCUT2D eigenvalue weighted by Crippen LogP contribution is 2.28. The van der Waals surface area contributed by atoms with Gasteiger partial charge in [0.25, 0.3) is 0 Å². The number of imidazole rings is 1. The van der Waals surface area contributed by atoms with Gasteiger partial charge in [-0.15, -0.1) is 0 Å². The number of carbonyl (C=O) groups is 1. The number of fused-ring (bicyclic) bond motifs is 1. The fraction of sp³-hybridized carbons (Fsp3) is 0.417. The standard InChI is InChI=1S/C24H29N3O2/c1-17(2)19-11-10-18(3)14-22(19)29-16-23-25-20-8-4-5-9-21(20)27(23)15-24(28)26-12-6-7-13-26/h4-5,8-11,14,17H,6-7,12-13,15-16H2,1-3H3. The molecule has 1 aliphatic rings. The fourth-order valence-electron chi connectivity index (χ4n) is 4.00. The van der Waals surface area contributed by atoms with Crippen LogP contribution in [0.3, 0.4) is 0 Å². The second kappa shape index (κ2) is 8.27. The zero-order chi connectivity index (χ0) is 20.4. The molecular formula is C24H29N3O2. The van der Waals surface area contributed by atoms with E-state index in [2.05, 4.69) is 39.0 Å². The molecule has 29 heavy (non-hydrogen) atoms. The molecule has 5 heteroatoms. The van der Waals surface area contributed by atoms with Gasteiger partial charge in [-0.05, 0) is 55.0 Å². The summed E-state index contributed by atoms with van der Waals surface area (Å²) in [7, 11) is 0.